The van der Waals surface area contributed by atoms with Crippen molar-refractivity contribution in [3.63, 3.8) is 0 Å². The van der Waals surface area contributed by atoms with Crippen LogP contribution in [-0.2, 0) is 0 Å². The highest BCUT2D eigenvalue weighted by Crippen LogP contribution is 2.48. The third kappa shape index (κ3) is 4.67. The molecule has 0 N–H and O–H groups in total. The molecule has 4 aromatic heterocycles. The van der Waals surface area contributed by atoms with E-state index in [2.05, 4.69) is 180 Å². The van der Waals surface area contributed by atoms with Crippen molar-refractivity contribution >= 4 is 95.7 Å². The Kier molecular flexibility index (Phi) is 6.67. The van der Waals surface area contributed by atoms with Crippen LogP contribution < -0.4 is 0 Å². The van der Waals surface area contributed by atoms with Gasteiger partial charge in [0.1, 0.15) is 0 Å². The summed E-state index contributed by atoms with van der Waals surface area (Å²) in [5.74, 6) is 0.673. The number of hydrogen-bond donors (Lipinski definition) is 0. The van der Waals surface area contributed by atoms with Crippen LogP contribution in [0.15, 0.2) is 176 Å². The lowest BCUT2D eigenvalue weighted by Crippen LogP contribution is -2.03. The number of hydrogen-bond acceptors (Lipinski definition) is 4. The summed E-state index contributed by atoms with van der Waals surface area (Å²) in [6, 6.07) is 63.3. The van der Waals surface area contributed by atoms with Gasteiger partial charge in [0.15, 0.2) is 0 Å². The summed E-state index contributed by atoms with van der Waals surface area (Å²) in [5, 5.41) is 8.75. The van der Waals surface area contributed by atoms with Gasteiger partial charge in [-0.15, -0.1) is 22.7 Å². The van der Waals surface area contributed by atoms with Gasteiger partial charge in [0, 0.05) is 62.1 Å². The first-order valence-electron chi connectivity index (χ1n) is 18.5. The predicted molar refractivity (Wildman–Crippen MR) is 236 cm³/mol. The molecule has 12 rings (SSSR count). The monoisotopic (exact) mass is 735 g/mol. The molecular weight excluding hydrogens is 707 g/mol. The molecule has 0 saturated carbocycles. The third-order valence-electron chi connectivity index (χ3n) is 11.0. The number of fused-ring (bicyclic) bond motifs is 12. The van der Waals surface area contributed by atoms with E-state index in [4.69, 9.17) is 9.97 Å². The number of nitrogens with zero attached hydrogens (tertiary/aromatic N) is 3. The summed E-state index contributed by atoms with van der Waals surface area (Å²) in [4.78, 5) is 10.8. The van der Waals surface area contributed by atoms with Gasteiger partial charge in [-0.1, -0.05) is 140 Å². The van der Waals surface area contributed by atoms with Crippen molar-refractivity contribution in [2.45, 2.75) is 0 Å². The standard InChI is InChI=1S/C50H29N3S2/c1-2-11-30(12-3-1)31-21-23-32(24-22-31)33-13-10-14-34(29-33)47-39-17-4-7-18-40(39)51-50(52-47)53-41-27-25-37-35-15-5-8-19-43(35)54-48(37)45(41)46-42(53)28-26-38-36-16-6-9-20-44(36)55-49(38)46/h1-29H. The van der Waals surface area contributed by atoms with Crippen molar-refractivity contribution in [1.29, 1.82) is 0 Å². The van der Waals surface area contributed by atoms with Crippen LogP contribution in [0, 0.1) is 0 Å². The Bertz CT molecular complexity index is 3350. The topological polar surface area (TPSA) is 30.7 Å². The van der Waals surface area contributed by atoms with E-state index in [0.717, 1.165) is 38.8 Å². The van der Waals surface area contributed by atoms with E-state index >= 15 is 0 Å². The Morgan fingerprint density at radius 2 is 0.873 bits per heavy atom. The normalized spacial score (nSPS) is 12.0. The van der Waals surface area contributed by atoms with Crippen LogP contribution in [0.5, 0.6) is 0 Å². The van der Waals surface area contributed by atoms with Crippen LogP contribution in [0.3, 0.4) is 0 Å². The largest absolute Gasteiger partial charge is 0.278 e. The average Bonchev–Trinajstić information content (AvgIpc) is 3.93. The second kappa shape index (κ2) is 11.9. The van der Waals surface area contributed by atoms with Crippen molar-refractivity contribution in [2.75, 3.05) is 0 Å². The highest BCUT2D eigenvalue weighted by atomic mass is 32.1. The van der Waals surface area contributed by atoms with Gasteiger partial charge in [0.2, 0.25) is 5.95 Å². The fraction of sp³-hybridized carbons (Fsp3) is 0. The minimum Gasteiger partial charge on any atom is -0.278 e. The predicted octanol–water partition coefficient (Wildman–Crippen LogP) is 14.5. The van der Waals surface area contributed by atoms with Crippen LogP contribution in [0.25, 0.3) is 113 Å². The Labute approximate surface area is 324 Å². The van der Waals surface area contributed by atoms with Crippen LogP contribution in [0.1, 0.15) is 0 Å². The highest BCUT2D eigenvalue weighted by molar-refractivity contribution is 7.28. The first-order chi connectivity index (χ1) is 27.3. The summed E-state index contributed by atoms with van der Waals surface area (Å²) < 4.78 is 7.51. The number of benzene rings is 8. The Morgan fingerprint density at radius 1 is 0.364 bits per heavy atom. The van der Waals surface area contributed by atoms with E-state index in [0.29, 0.717) is 5.95 Å². The maximum absolute atomic E-state index is 5.51. The van der Waals surface area contributed by atoms with Crippen molar-refractivity contribution in [3.8, 4) is 39.5 Å². The molecule has 0 bridgehead atoms. The van der Waals surface area contributed by atoms with Crippen LogP contribution in [0.2, 0.25) is 0 Å². The molecule has 5 heteroatoms. The van der Waals surface area contributed by atoms with Gasteiger partial charge in [0.05, 0.1) is 22.2 Å². The summed E-state index contributed by atoms with van der Waals surface area (Å²) in [5.41, 5.74) is 9.88. The first kappa shape index (κ1) is 30.8. The molecule has 0 unspecified atom stereocenters. The molecule has 0 amide bonds. The maximum Gasteiger partial charge on any atom is 0.235 e. The summed E-state index contributed by atoms with van der Waals surface area (Å²) in [6.45, 7) is 0. The highest BCUT2D eigenvalue weighted by Gasteiger charge is 2.23. The third-order valence-corrected chi connectivity index (χ3v) is 13.4. The van der Waals surface area contributed by atoms with Gasteiger partial charge in [0.25, 0.3) is 0 Å². The number of thiophene rings is 2. The SMILES string of the molecule is c1ccc(-c2ccc(-c3cccc(-c4nc(-n5c6ccc7c8ccccc8sc7c6c6c7sc8ccccc8c7ccc65)nc5ccccc45)c3)cc2)cc1. The first-order valence-corrected chi connectivity index (χ1v) is 20.1. The maximum atomic E-state index is 5.51. The fourth-order valence-electron chi connectivity index (χ4n) is 8.47. The number of para-hydroxylation sites is 1. The Morgan fingerprint density at radius 3 is 1.53 bits per heavy atom. The van der Waals surface area contributed by atoms with Crippen LogP contribution in [0.4, 0.5) is 0 Å². The molecule has 3 nitrogen and oxygen atoms in total. The van der Waals surface area contributed by atoms with Crippen molar-refractivity contribution < 1.29 is 0 Å². The summed E-state index contributed by atoms with van der Waals surface area (Å²) >= 11 is 3.76. The lowest BCUT2D eigenvalue weighted by atomic mass is 9.97. The quantitative estimate of drug-likeness (QED) is 0.180. The molecule has 12 aromatic rings. The molecule has 0 aliphatic carbocycles. The lowest BCUT2D eigenvalue weighted by molar-refractivity contribution is 1.01. The Hall–Kier alpha value is -6.66. The number of aromatic nitrogens is 3. The van der Waals surface area contributed by atoms with Gasteiger partial charge in [-0.25, -0.2) is 9.97 Å². The summed E-state index contributed by atoms with van der Waals surface area (Å²) in [6.07, 6.45) is 0. The minimum atomic E-state index is 0.673. The van der Waals surface area contributed by atoms with Crippen LogP contribution >= 0.6 is 22.7 Å². The van der Waals surface area contributed by atoms with Gasteiger partial charge in [-0.3, -0.25) is 4.57 Å². The van der Waals surface area contributed by atoms with Gasteiger partial charge < -0.3 is 0 Å². The second-order valence-electron chi connectivity index (χ2n) is 14.1. The lowest BCUT2D eigenvalue weighted by Gasteiger charge is -2.13. The molecule has 8 aromatic carbocycles. The molecule has 0 fully saturated rings. The van der Waals surface area contributed by atoms with Crippen LogP contribution in [-0.4, -0.2) is 14.5 Å². The van der Waals surface area contributed by atoms with E-state index in [1.807, 2.05) is 22.7 Å². The average molecular weight is 736 g/mol. The van der Waals surface area contributed by atoms with Crippen molar-refractivity contribution in [3.05, 3.63) is 176 Å². The molecule has 0 aliphatic rings. The molecular formula is C50H29N3S2. The van der Waals surface area contributed by atoms with Crippen molar-refractivity contribution in [1.82, 2.24) is 14.5 Å². The second-order valence-corrected chi connectivity index (χ2v) is 16.2. The molecule has 0 spiro atoms. The summed E-state index contributed by atoms with van der Waals surface area (Å²) in [7, 11) is 0. The van der Waals surface area contributed by atoms with E-state index in [1.54, 1.807) is 0 Å². The zero-order valence-corrected chi connectivity index (χ0v) is 31.0. The molecule has 0 atom stereocenters. The molecule has 0 aliphatic heterocycles. The smallest absolute Gasteiger partial charge is 0.235 e. The zero-order chi connectivity index (χ0) is 36.0. The van der Waals surface area contributed by atoms with E-state index < -0.39 is 0 Å². The van der Waals surface area contributed by atoms with E-state index in [-0.39, 0.29) is 0 Å². The molecule has 0 saturated heterocycles. The van der Waals surface area contributed by atoms with E-state index in [1.165, 1.54) is 67.8 Å². The fourth-order valence-corrected chi connectivity index (χ4v) is 11.0. The zero-order valence-electron chi connectivity index (χ0n) is 29.4. The molecule has 4 heterocycles. The molecule has 256 valence electrons. The van der Waals surface area contributed by atoms with Gasteiger partial charge >= 0.3 is 0 Å². The molecule has 55 heavy (non-hydrogen) atoms. The van der Waals surface area contributed by atoms with Gasteiger partial charge in [-0.05, 0) is 58.7 Å². The van der Waals surface area contributed by atoms with Gasteiger partial charge in [-0.2, -0.15) is 0 Å². The minimum absolute atomic E-state index is 0.673. The number of rotatable bonds is 4. The molecule has 0 radical (unpaired) electrons. The van der Waals surface area contributed by atoms with Crippen molar-refractivity contribution in [2.24, 2.45) is 0 Å². The van der Waals surface area contributed by atoms with E-state index in [9.17, 15) is 0 Å². The Balaban J connectivity index is 1.11.